The summed E-state index contributed by atoms with van der Waals surface area (Å²) in [5.74, 6) is 0.914. The number of aromatic nitrogens is 1. The SMILES string of the molecule is Cc1cc(C(C)(C)C)ccc1OCc1cnc(Cl)s1. The number of thiazole rings is 1. The summed E-state index contributed by atoms with van der Waals surface area (Å²) in [6, 6.07) is 6.36. The van der Waals surface area contributed by atoms with Gasteiger partial charge in [-0.25, -0.2) is 4.98 Å². The predicted molar refractivity (Wildman–Crippen MR) is 81.3 cm³/mol. The van der Waals surface area contributed by atoms with Gasteiger partial charge >= 0.3 is 0 Å². The Morgan fingerprint density at radius 1 is 1.32 bits per heavy atom. The smallest absolute Gasteiger partial charge is 0.183 e. The standard InChI is InChI=1S/C15H18ClNOS/c1-10-7-11(15(2,3)4)5-6-13(10)18-9-12-8-17-14(16)19-12/h5-8H,9H2,1-4H3. The molecule has 2 aromatic rings. The summed E-state index contributed by atoms with van der Waals surface area (Å²) in [7, 11) is 0. The van der Waals surface area contributed by atoms with E-state index in [0.29, 0.717) is 11.1 Å². The molecule has 1 heterocycles. The minimum absolute atomic E-state index is 0.161. The van der Waals surface area contributed by atoms with E-state index in [1.165, 1.54) is 16.9 Å². The molecule has 102 valence electrons. The molecule has 0 unspecified atom stereocenters. The van der Waals surface area contributed by atoms with Crippen molar-refractivity contribution in [2.75, 3.05) is 0 Å². The second kappa shape index (κ2) is 5.51. The lowest BCUT2D eigenvalue weighted by Crippen LogP contribution is -2.11. The Morgan fingerprint density at radius 2 is 2.05 bits per heavy atom. The molecule has 0 aliphatic carbocycles. The molecule has 2 rings (SSSR count). The van der Waals surface area contributed by atoms with Gasteiger partial charge in [0.1, 0.15) is 12.4 Å². The van der Waals surface area contributed by atoms with Crippen LogP contribution in [0.25, 0.3) is 0 Å². The van der Waals surface area contributed by atoms with Crippen molar-refractivity contribution in [1.82, 2.24) is 4.98 Å². The number of aryl methyl sites for hydroxylation is 1. The van der Waals surface area contributed by atoms with E-state index in [0.717, 1.165) is 16.2 Å². The molecule has 4 heteroatoms. The Hall–Kier alpha value is -1.06. The van der Waals surface area contributed by atoms with E-state index in [4.69, 9.17) is 16.3 Å². The highest BCUT2D eigenvalue weighted by molar-refractivity contribution is 7.15. The molecule has 0 radical (unpaired) electrons. The van der Waals surface area contributed by atoms with E-state index in [2.05, 4.69) is 44.8 Å². The molecule has 0 atom stereocenters. The molecule has 2 nitrogen and oxygen atoms in total. The zero-order valence-electron chi connectivity index (χ0n) is 11.7. The van der Waals surface area contributed by atoms with Gasteiger partial charge in [0, 0.05) is 6.20 Å². The number of rotatable bonds is 3. The van der Waals surface area contributed by atoms with Gasteiger partial charge in [0.2, 0.25) is 0 Å². The molecule has 19 heavy (non-hydrogen) atoms. The average molecular weight is 296 g/mol. The Labute approximate surface area is 123 Å². The fourth-order valence-corrected chi connectivity index (χ4v) is 2.67. The number of benzene rings is 1. The maximum Gasteiger partial charge on any atom is 0.183 e. The lowest BCUT2D eigenvalue weighted by atomic mass is 9.86. The largest absolute Gasteiger partial charge is 0.488 e. The van der Waals surface area contributed by atoms with Crippen LogP contribution in [0.2, 0.25) is 4.47 Å². The van der Waals surface area contributed by atoms with Crippen LogP contribution in [0.15, 0.2) is 24.4 Å². The maximum atomic E-state index is 5.82. The van der Waals surface area contributed by atoms with E-state index in [-0.39, 0.29) is 5.41 Å². The number of ether oxygens (including phenoxy) is 1. The van der Waals surface area contributed by atoms with Gasteiger partial charge in [-0.1, -0.05) is 44.5 Å². The van der Waals surface area contributed by atoms with Crippen molar-refractivity contribution in [3.8, 4) is 5.75 Å². The van der Waals surface area contributed by atoms with Gasteiger partial charge in [-0.05, 0) is 29.5 Å². The third-order valence-electron chi connectivity index (χ3n) is 2.94. The van der Waals surface area contributed by atoms with Crippen LogP contribution in [-0.2, 0) is 12.0 Å². The molecule has 0 bridgehead atoms. The fourth-order valence-electron chi connectivity index (χ4n) is 1.78. The normalized spacial score (nSPS) is 11.6. The van der Waals surface area contributed by atoms with E-state index in [9.17, 15) is 0 Å². The van der Waals surface area contributed by atoms with Crippen molar-refractivity contribution in [3.05, 3.63) is 44.9 Å². The van der Waals surface area contributed by atoms with Crippen LogP contribution in [0.4, 0.5) is 0 Å². The summed E-state index contributed by atoms with van der Waals surface area (Å²) < 4.78 is 6.37. The summed E-state index contributed by atoms with van der Waals surface area (Å²) in [5, 5.41) is 0. The first kappa shape index (κ1) is 14.4. The monoisotopic (exact) mass is 295 g/mol. The molecule has 0 fully saturated rings. The molecule has 0 spiro atoms. The summed E-state index contributed by atoms with van der Waals surface area (Å²) in [4.78, 5) is 5.03. The first-order chi connectivity index (χ1) is 8.86. The Kier molecular flexibility index (Phi) is 4.16. The third-order valence-corrected chi connectivity index (χ3v) is 4.02. The molecule has 0 aliphatic rings. The van der Waals surface area contributed by atoms with Crippen LogP contribution in [0, 0.1) is 6.92 Å². The first-order valence-corrected chi connectivity index (χ1v) is 7.40. The van der Waals surface area contributed by atoms with Crippen LogP contribution in [-0.4, -0.2) is 4.98 Å². The molecule has 0 saturated heterocycles. The van der Waals surface area contributed by atoms with Crippen molar-refractivity contribution >= 4 is 22.9 Å². The van der Waals surface area contributed by atoms with Gasteiger partial charge in [0.25, 0.3) is 0 Å². The summed E-state index contributed by atoms with van der Waals surface area (Å²) in [6.07, 6.45) is 1.76. The minimum Gasteiger partial charge on any atom is -0.488 e. The fraction of sp³-hybridized carbons (Fsp3) is 0.400. The van der Waals surface area contributed by atoms with E-state index < -0.39 is 0 Å². The maximum absolute atomic E-state index is 5.82. The third kappa shape index (κ3) is 3.71. The Morgan fingerprint density at radius 3 is 2.58 bits per heavy atom. The van der Waals surface area contributed by atoms with Crippen molar-refractivity contribution in [1.29, 1.82) is 0 Å². The van der Waals surface area contributed by atoms with Crippen LogP contribution in [0.3, 0.4) is 0 Å². The first-order valence-electron chi connectivity index (χ1n) is 6.20. The van der Waals surface area contributed by atoms with Gasteiger partial charge in [0.05, 0.1) is 4.88 Å². The quantitative estimate of drug-likeness (QED) is 0.796. The second-order valence-electron chi connectivity index (χ2n) is 5.60. The van der Waals surface area contributed by atoms with Gasteiger partial charge < -0.3 is 4.74 Å². The number of halogens is 1. The highest BCUT2D eigenvalue weighted by Crippen LogP contribution is 2.28. The zero-order valence-corrected chi connectivity index (χ0v) is 13.2. The zero-order chi connectivity index (χ0) is 14.0. The van der Waals surface area contributed by atoms with Crippen LogP contribution in [0.5, 0.6) is 5.75 Å². The van der Waals surface area contributed by atoms with Gasteiger partial charge in [-0.15, -0.1) is 11.3 Å². The van der Waals surface area contributed by atoms with Crippen LogP contribution in [0.1, 0.15) is 36.8 Å². The van der Waals surface area contributed by atoms with Crippen molar-refractivity contribution in [3.63, 3.8) is 0 Å². The second-order valence-corrected chi connectivity index (χ2v) is 7.30. The van der Waals surface area contributed by atoms with Crippen molar-refractivity contribution in [2.45, 2.75) is 39.7 Å². The lowest BCUT2D eigenvalue weighted by Gasteiger charge is -2.20. The van der Waals surface area contributed by atoms with E-state index in [1.807, 2.05) is 6.07 Å². The lowest BCUT2D eigenvalue weighted by molar-refractivity contribution is 0.307. The van der Waals surface area contributed by atoms with Crippen LogP contribution < -0.4 is 4.74 Å². The molecular weight excluding hydrogens is 278 g/mol. The highest BCUT2D eigenvalue weighted by Gasteiger charge is 2.14. The molecule has 1 aromatic carbocycles. The highest BCUT2D eigenvalue weighted by atomic mass is 35.5. The van der Waals surface area contributed by atoms with E-state index >= 15 is 0 Å². The predicted octanol–water partition coefficient (Wildman–Crippen LogP) is 4.98. The molecule has 0 saturated carbocycles. The molecule has 1 aromatic heterocycles. The average Bonchev–Trinajstić information content (AvgIpc) is 2.72. The summed E-state index contributed by atoms with van der Waals surface area (Å²) in [5.41, 5.74) is 2.63. The molecule has 0 aliphatic heterocycles. The molecule has 0 amide bonds. The Bertz CT molecular complexity index is 572. The summed E-state index contributed by atoms with van der Waals surface area (Å²) >= 11 is 7.25. The molecule has 0 N–H and O–H groups in total. The van der Waals surface area contributed by atoms with Gasteiger partial charge in [-0.3, -0.25) is 0 Å². The van der Waals surface area contributed by atoms with Crippen molar-refractivity contribution in [2.24, 2.45) is 0 Å². The van der Waals surface area contributed by atoms with Gasteiger partial charge in [0.15, 0.2) is 4.47 Å². The number of hydrogen-bond donors (Lipinski definition) is 0. The Balaban J connectivity index is 2.09. The van der Waals surface area contributed by atoms with E-state index in [1.54, 1.807) is 6.20 Å². The number of nitrogens with zero attached hydrogens (tertiary/aromatic N) is 1. The molecular formula is C15H18ClNOS. The van der Waals surface area contributed by atoms with Crippen LogP contribution >= 0.6 is 22.9 Å². The topological polar surface area (TPSA) is 22.1 Å². The number of hydrogen-bond acceptors (Lipinski definition) is 3. The summed E-state index contributed by atoms with van der Waals surface area (Å²) in [6.45, 7) is 9.22. The van der Waals surface area contributed by atoms with Crippen molar-refractivity contribution < 1.29 is 4.74 Å². The van der Waals surface area contributed by atoms with Gasteiger partial charge in [-0.2, -0.15) is 0 Å². The minimum atomic E-state index is 0.161.